The molecule has 0 aliphatic carbocycles. The molecule has 1 amide bonds. The molecule has 4 rings (SSSR count). The third kappa shape index (κ3) is 3.91. The van der Waals surface area contributed by atoms with Crippen LogP contribution in [-0.4, -0.2) is 56.9 Å². The molecule has 3 heterocycles. The molecule has 1 atom stereocenters. The third-order valence-corrected chi connectivity index (χ3v) is 5.27. The maximum Gasteiger partial charge on any atom is 0.230 e. The number of nitrogens with zero attached hydrogens (tertiary/aromatic N) is 5. The Morgan fingerprint density at radius 1 is 1.27 bits per heavy atom. The monoisotopic (exact) mass is 408 g/mol. The van der Waals surface area contributed by atoms with Crippen LogP contribution in [0.4, 0.5) is 11.5 Å². The van der Waals surface area contributed by atoms with Crippen molar-refractivity contribution in [3.05, 3.63) is 47.9 Å². The fraction of sp³-hybridized carbons (Fsp3) is 0.333. The minimum absolute atomic E-state index is 0.00835. The van der Waals surface area contributed by atoms with E-state index in [-0.39, 0.29) is 24.1 Å². The molecule has 9 heteroatoms. The van der Waals surface area contributed by atoms with Gasteiger partial charge in [-0.2, -0.15) is 0 Å². The summed E-state index contributed by atoms with van der Waals surface area (Å²) >= 11 is 0. The number of carbonyl (C=O) groups is 1. The quantitative estimate of drug-likeness (QED) is 0.672. The Morgan fingerprint density at radius 3 is 2.77 bits per heavy atom. The highest BCUT2D eigenvalue weighted by Gasteiger charge is 2.29. The number of piperazine rings is 1. The van der Waals surface area contributed by atoms with Crippen LogP contribution in [0, 0.1) is 6.92 Å². The number of anilines is 2. The molecule has 1 saturated heterocycles. The first-order valence-corrected chi connectivity index (χ1v) is 9.80. The molecule has 30 heavy (non-hydrogen) atoms. The number of phenols is 1. The van der Waals surface area contributed by atoms with E-state index in [1.54, 1.807) is 24.3 Å². The molecular weight excluding hydrogens is 384 g/mol. The minimum Gasteiger partial charge on any atom is -0.507 e. The maximum atomic E-state index is 12.7. The molecule has 9 nitrogen and oxygen atoms in total. The number of para-hydroxylation sites is 1. The third-order valence-electron chi connectivity index (χ3n) is 5.27. The highest BCUT2D eigenvalue weighted by molar-refractivity contribution is 5.79. The Hall–Kier alpha value is -3.62. The van der Waals surface area contributed by atoms with Gasteiger partial charge in [0.2, 0.25) is 5.91 Å². The van der Waals surface area contributed by atoms with E-state index < -0.39 is 0 Å². The van der Waals surface area contributed by atoms with Crippen molar-refractivity contribution in [2.75, 3.05) is 30.3 Å². The molecule has 1 unspecified atom stereocenters. The summed E-state index contributed by atoms with van der Waals surface area (Å²) in [6.45, 7) is 5.61. The van der Waals surface area contributed by atoms with Gasteiger partial charge in [-0.05, 0) is 32.0 Å². The normalized spacial score (nSPS) is 16.7. The van der Waals surface area contributed by atoms with Gasteiger partial charge >= 0.3 is 0 Å². The van der Waals surface area contributed by atoms with Crippen LogP contribution in [0.2, 0.25) is 0 Å². The molecule has 156 valence electrons. The number of nitrogens with two attached hydrogens (primary N) is 1. The fourth-order valence-corrected chi connectivity index (χ4v) is 3.76. The van der Waals surface area contributed by atoms with Crippen molar-refractivity contribution >= 4 is 17.4 Å². The predicted molar refractivity (Wildman–Crippen MR) is 112 cm³/mol. The molecule has 0 saturated carbocycles. The zero-order chi connectivity index (χ0) is 21.3. The van der Waals surface area contributed by atoms with E-state index in [0.29, 0.717) is 42.5 Å². The number of aromatic hydroxyl groups is 1. The van der Waals surface area contributed by atoms with E-state index >= 15 is 0 Å². The number of aromatic nitrogens is 3. The Balaban J connectivity index is 1.49. The van der Waals surface area contributed by atoms with Gasteiger partial charge in [0.15, 0.2) is 5.82 Å². The van der Waals surface area contributed by atoms with E-state index in [1.807, 2.05) is 30.9 Å². The molecule has 1 aromatic carbocycles. The first kappa shape index (κ1) is 19.7. The fourth-order valence-electron chi connectivity index (χ4n) is 3.76. The Kier molecular flexibility index (Phi) is 5.26. The van der Waals surface area contributed by atoms with Gasteiger partial charge in [-0.15, -0.1) is 10.2 Å². The second-order valence-corrected chi connectivity index (χ2v) is 7.51. The van der Waals surface area contributed by atoms with Gasteiger partial charge in [-0.3, -0.25) is 4.79 Å². The van der Waals surface area contributed by atoms with Crippen LogP contribution < -0.4 is 10.6 Å². The van der Waals surface area contributed by atoms with Crippen LogP contribution in [-0.2, 0) is 11.2 Å². The van der Waals surface area contributed by atoms with Gasteiger partial charge in [0.25, 0.3) is 0 Å². The van der Waals surface area contributed by atoms with Crippen LogP contribution in [0.25, 0.3) is 11.3 Å². The first-order valence-electron chi connectivity index (χ1n) is 9.80. The largest absolute Gasteiger partial charge is 0.507 e. The number of nitrogen functional groups attached to an aromatic ring is 1. The lowest BCUT2D eigenvalue weighted by atomic mass is 10.1. The Morgan fingerprint density at radius 2 is 2.07 bits per heavy atom. The van der Waals surface area contributed by atoms with Crippen molar-refractivity contribution in [2.45, 2.75) is 26.3 Å². The van der Waals surface area contributed by atoms with Crippen molar-refractivity contribution < 1.29 is 14.4 Å². The molecule has 1 aliphatic rings. The van der Waals surface area contributed by atoms with E-state index in [4.69, 9.17) is 10.3 Å². The number of aryl methyl sites for hydroxylation is 1. The Bertz CT molecular complexity index is 1070. The van der Waals surface area contributed by atoms with E-state index in [9.17, 15) is 9.90 Å². The van der Waals surface area contributed by atoms with E-state index in [0.717, 1.165) is 11.4 Å². The molecule has 0 spiro atoms. The lowest BCUT2D eigenvalue weighted by Crippen LogP contribution is -2.54. The van der Waals surface area contributed by atoms with Gasteiger partial charge in [-0.1, -0.05) is 17.3 Å². The predicted octanol–water partition coefficient (Wildman–Crippen LogP) is 2.01. The molecule has 0 radical (unpaired) electrons. The molecule has 2 aromatic heterocycles. The molecule has 3 N–H and O–H groups in total. The second-order valence-electron chi connectivity index (χ2n) is 7.51. The number of amides is 1. The van der Waals surface area contributed by atoms with Crippen molar-refractivity contribution in [3.8, 4) is 17.0 Å². The summed E-state index contributed by atoms with van der Waals surface area (Å²) in [4.78, 5) is 16.7. The molecule has 1 fully saturated rings. The van der Waals surface area contributed by atoms with Crippen LogP contribution in [0.1, 0.15) is 18.4 Å². The van der Waals surface area contributed by atoms with Crippen molar-refractivity contribution in [3.63, 3.8) is 0 Å². The molecule has 0 bridgehead atoms. The summed E-state index contributed by atoms with van der Waals surface area (Å²) in [5, 5.41) is 22.2. The summed E-state index contributed by atoms with van der Waals surface area (Å²) in [5.74, 6) is 1.03. The lowest BCUT2D eigenvalue weighted by molar-refractivity contribution is -0.133. The molecule has 3 aromatic rings. The highest BCUT2D eigenvalue weighted by atomic mass is 16.5. The zero-order valence-corrected chi connectivity index (χ0v) is 16.9. The standard InChI is InChI=1S/C21H24N6O3/c1-13-9-15(30-25-13)10-20(29)27-8-7-26(12-14(27)2)18-11-17(23-24-21(18)22)16-5-3-4-6-19(16)28/h3-6,9,11,14,28H,7-8,10,12H2,1-2H3,(H2,22,24). The van der Waals surface area contributed by atoms with Crippen LogP contribution >= 0.6 is 0 Å². The highest BCUT2D eigenvalue weighted by Crippen LogP contribution is 2.32. The average Bonchev–Trinajstić information content (AvgIpc) is 3.13. The summed E-state index contributed by atoms with van der Waals surface area (Å²) in [6, 6.07) is 10.6. The summed E-state index contributed by atoms with van der Waals surface area (Å²) < 4.78 is 5.17. The van der Waals surface area contributed by atoms with Gasteiger partial charge < -0.3 is 25.2 Å². The van der Waals surface area contributed by atoms with Crippen LogP contribution in [0.15, 0.2) is 40.9 Å². The van der Waals surface area contributed by atoms with Gasteiger partial charge in [0.05, 0.1) is 23.5 Å². The number of hydrogen-bond donors (Lipinski definition) is 2. The van der Waals surface area contributed by atoms with Crippen LogP contribution in [0.5, 0.6) is 5.75 Å². The summed E-state index contributed by atoms with van der Waals surface area (Å²) in [5.41, 5.74) is 8.75. The van der Waals surface area contributed by atoms with E-state index in [1.165, 1.54) is 0 Å². The van der Waals surface area contributed by atoms with Crippen LogP contribution in [0.3, 0.4) is 0 Å². The SMILES string of the molecule is Cc1cc(CC(=O)N2CCN(c3cc(-c4ccccc4O)nnc3N)CC2C)on1. The first-order chi connectivity index (χ1) is 14.4. The summed E-state index contributed by atoms with van der Waals surface area (Å²) in [6.07, 6.45) is 0.196. The van der Waals surface area contributed by atoms with Crippen molar-refractivity contribution in [2.24, 2.45) is 0 Å². The minimum atomic E-state index is -0.0172. The number of hydrogen-bond acceptors (Lipinski definition) is 8. The second kappa shape index (κ2) is 8.02. The number of benzene rings is 1. The average molecular weight is 408 g/mol. The van der Waals surface area contributed by atoms with Crippen molar-refractivity contribution in [1.82, 2.24) is 20.3 Å². The smallest absolute Gasteiger partial charge is 0.230 e. The maximum absolute atomic E-state index is 12.7. The van der Waals surface area contributed by atoms with E-state index in [2.05, 4.69) is 20.3 Å². The molecule has 1 aliphatic heterocycles. The zero-order valence-electron chi connectivity index (χ0n) is 16.9. The van der Waals surface area contributed by atoms with Gasteiger partial charge in [0, 0.05) is 37.3 Å². The lowest BCUT2D eigenvalue weighted by Gasteiger charge is -2.41. The van der Waals surface area contributed by atoms with Gasteiger partial charge in [0.1, 0.15) is 11.5 Å². The number of phenolic OH excluding ortho intramolecular Hbond substituents is 1. The number of rotatable bonds is 4. The Labute approximate surface area is 174 Å². The number of carbonyl (C=O) groups excluding carboxylic acids is 1. The summed E-state index contributed by atoms with van der Waals surface area (Å²) in [7, 11) is 0. The molecular formula is C21H24N6O3. The van der Waals surface area contributed by atoms with Gasteiger partial charge in [-0.25, -0.2) is 0 Å². The van der Waals surface area contributed by atoms with Crippen molar-refractivity contribution in [1.29, 1.82) is 0 Å². The topological polar surface area (TPSA) is 122 Å².